The third-order valence-electron chi connectivity index (χ3n) is 3.98. The molecule has 1 aromatic carbocycles. The van der Waals surface area contributed by atoms with Crippen LogP contribution in [-0.2, 0) is 25.0 Å². The van der Waals surface area contributed by atoms with Gasteiger partial charge in [-0.15, -0.1) is 24.0 Å². The second-order valence-electron chi connectivity index (χ2n) is 7.81. The number of guanidine groups is 1. The summed E-state index contributed by atoms with van der Waals surface area (Å²) in [7, 11) is 5.54. The van der Waals surface area contributed by atoms with Crippen LogP contribution in [0.25, 0.3) is 0 Å². The van der Waals surface area contributed by atoms with Gasteiger partial charge in [-0.25, -0.2) is 9.37 Å². The molecule has 0 atom stereocenters. The van der Waals surface area contributed by atoms with E-state index in [9.17, 15) is 4.39 Å². The molecule has 0 fully saturated rings. The molecule has 0 saturated carbocycles. The lowest BCUT2D eigenvalue weighted by atomic mass is 9.94. The molecule has 156 valence electrons. The summed E-state index contributed by atoms with van der Waals surface area (Å²) in [4.78, 5) is 10.4. The highest BCUT2D eigenvalue weighted by atomic mass is 127. The van der Waals surface area contributed by atoms with E-state index in [4.69, 9.17) is 4.42 Å². The molecular formula is C20H31FIN5O. The Kier molecular flexibility index (Phi) is 9.35. The number of rotatable bonds is 6. The van der Waals surface area contributed by atoms with E-state index in [2.05, 4.69) is 41.4 Å². The van der Waals surface area contributed by atoms with Crippen LogP contribution in [0.1, 0.15) is 43.5 Å². The number of aromatic nitrogens is 1. The Morgan fingerprint density at radius 2 is 1.89 bits per heavy atom. The summed E-state index contributed by atoms with van der Waals surface area (Å²) in [6.07, 6.45) is 1.76. The van der Waals surface area contributed by atoms with Gasteiger partial charge >= 0.3 is 0 Å². The van der Waals surface area contributed by atoms with E-state index in [0.717, 1.165) is 11.3 Å². The molecule has 0 saturated heterocycles. The van der Waals surface area contributed by atoms with Crippen molar-refractivity contribution in [1.29, 1.82) is 0 Å². The van der Waals surface area contributed by atoms with Crippen LogP contribution in [0.3, 0.4) is 0 Å². The zero-order valence-corrected chi connectivity index (χ0v) is 19.8. The Morgan fingerprint density at radius 3 is 2.46 bits per heavy atom. The smallest absolute Gasteiger partial charge is 0.213 e. The van der Waals surface area contributed by atoms with Crippen molar-refractivity contribution < 1.29 is 8.81 Å². The number of hydrogen-bond acceptors (Lipinski definition) is 4. The maximum Gasteiger partial charge on any atom is 0.213 e. The Morgan fingerprint density at radius 1 is 1.21 bits per heavy atom. The number of oxazole rings is 1. The normalized spacial score (nSPS) is 12.1. The highest BCUT2D eigenvalue weighted by Gasteiger charge is 2.19. The summed E-state index contributed by atoms with van der Waals surface area (Å²) in [6, 6.07) is 5.16. The van der Waals surface area contributed by atoms with Crippen molar-refractivity contribution in [2.45, 2.75) is 45.8 Å². The molecule has 28 heavy (non-hydrogen) atoms. The lowest BCUT2D eigenvalue weighted by molar-refractivity contribution is 0.379. The van der Waals surface area contributed by atoms with E-state index in [-0.39, 0.29) is 35.2 Å². The highest BCUT2D eigenvalue weighted by Crippen LogP contribution is 2.22. The van der Waals surface area contributed by atoms with E-state index in [1.807, 2.05) is 25.1 Å². The number of halogens is 2. The minimum Gasteiger partial charge on any atom is -0.443 e. The second-order valence-corrected chi connectivity index (χ2v) is 7.81. The van der Waals surface area contributed by atoms with Gasteiger partial charge in [0.15, 0.2) is 5.96 Å². The summed E-state index contributed by atoms with van der Waals surface area (Å²) in [5.74, 6) is 1.90. The minimum absolute atomic E-state index is 0. The first-order valence-corrected chi connectivity index (χ1v) is 9.00. The maximum absolute atomic E-state index is 13.9. The van der Waals surface area contributed by atoms with Crippen molar-refractivity contribution in [3.05, 3.63) is 53.0 Å². The Balaban J connectivity index is 0.00000392. The Bertz CT molecular complexity index is 783. The zero-order valence-electron chi connectivity index (χ0n) is 17.5. The van der Waals surface area contributed by atoms with Crippen LogP contribution in [0.15, 0.2) is 33.8 Å². The van der Waals surface area contributed by atoms with Gasteiger partial charge in [0.05, 0.1) is 12.7 Å². The summed E-state index contributed by atoms with van der Waals surface area (Å²) in [5, 5.41) is 6.41. The number of hydrogen-bond donors (Lipinski definition) is 2. The molecule has 0 radical (unpaired) electrons. The van der Waals surface area contributed by atoms with Crippen LogP contribution in [0.5, 0.6) is 0 Å². The topological polar surface area (TPSA) is 65.7 Å². The summed E-state index contributed by atoms with van der Waals surface area (Å²) >= 11 is 0. The van der Waals surface area contributed by atoms with Gasteiger partial charge in [0.25, 0.3) is 0 Å². The fourth-order valence-electron chi connectivity index (χ4n) is 2.50. The van der Waals surface area contributed by atoms with Crippen LogP contribution in [-0.4, -0.2) is 37.0 Å². The predicted octanol–water partition coefficient (Wildman–Crippen LogP) is 3.66. The van der Waals surface area contributed by atoms with Gasteiger partial charge < -0.3 is 20.0 Å². The first-order valence-electron chi connectivity index (χ1n) is 9.00. The quantitative estimate of drug-likeness (QED) is 0.358. The molecule has 1 aromatic heterocycles. The van der Waals surface area contributed by atoms with E-state index in [1.165, 1.54) is 6.07 Å². The maximum atomic E-state index is 13.9. The van der Waals surface area contributed by atoms with E-state index >= 15 is 0 Å². The molecule has 0 aliphatic heterocycles. The molecule has 0 aliphatic rings. The molecule has 8 heteroatoms. The van der Waals surface area contributed by atoms with Crippen LogP contribution in [0.2, 0.25) is 0 Å². The molecule has 2 rings (SSSR count). The van der Waals surface area contributed by atoms with Crippen LogP contribution in [0, 0.1) is 5.82 Å². The molecule has 0 unspecified atom stereocenters. The third kappa shape index (κ3) is 7.38. The summed E-state index contributed by atoms with van der Waals surface area (Å²) in [5.41, 5.74) is 1.59. The van der Waals surface area contributed by atoms with E-state index in [0.29, 0.717) is 37.0 Å². The van der Waals surface area contributed by atoms with Crippen LogP contribution in [0.4, 0.5) is 4.39 Å². The summed E-state index contributed by atoms with van der Waals surface area (Å²) < 4.78 is 19.7. The molecule has 2 N–H and O–H groups in total. The molecule has 0 amide bonds. The van der Waals surface area contributed by atoms with Crippen molar-refractivity contribution in [1.82, 2.24) is 20.5 Å². The van der Waals surface area contributed by atoms with E-state index in [1.54, 1.807) is 19.3 Å². The standard InChI is InChI=1S/C20H30FN5O.HI/c1-20(2,3)17-11-23-18(27-17)12-25-19(22-4)24-10-14-7-8-16(21)15(9-14)13-26(5)6;/h7-9,11H,10,12-13H2,1-6H3,(H2,22,24,25);1H. The predicted molar refractivity (Wildman–Crippen MR) is 121 cm³/mol. The van der Waals surface area contributed by atoms with Gasteiger partial charge in [-0.3, -0.25) is 4.99 Å². The van der Waals surface area contributed by atoms with Crippen molar-refractivity contribution in [2.24, 2.45) is 4.99 Å². The van der Waals surface area contributed by atoms with Gasteiger partial charge in [0, 0.05) is 31.1 Å². The molecule has 2 aromatic rings. The van der Waals surface area contributed by atoms with Gasteiger partial charge in [-0.2, -0.15) is 0 Å². The van der Waals surface area contributed by atoms with Crippen molar-refractivity contribution >= 4 is 29.9 Å². The first kappa shape index (κ1) is 24.4. The molecule has 0 spiro atoms. The van der Waals surface area contributed by atoms with Crippen molar-refractivity contribution in [3.63, 3.8) is 0 Å². The van der Waals surface area contributed by atoms with Crippen molar-refractivity contribution in [2.75, 3.05) is 21.1 Å². The lowest BCUT2D eigenvalue weighted by Gasteiger charge is -2.14. The average Bonchev–Trinajstić information content (AvgIpc) is 3.06. The fourth-order valence-corrected chi connectivity index (χ4v) is 2.50. The number of nitrogens with one attached hydrogen (secondary N) is 2. The van der Waals surface area contributed by atoms with Crippen LogP contribution < -0.4 is 10.6 Å². The van der Waals surface area contributed by atoms with Gasteiger partial charge in [-0.1, -0.05) is 26.8 Å². The third-order valence-corrected chi connectivity index (χ3v) is 3.98. The fraction of sp³-hybridized carbons (Fsp3) is 0.500. The Labute approximate surface area is 184 Å². The van der Waals surface area contributed by atoms with Gasteiger partial charge in [0.1, 0.15) is 11.6 Å². The molecule has 6 nitrogen and oxygen atoms in total. The van der Waals surface area contributed by atoms with Gasteiger partial charge in [-0.05, 0) is 31.8 Å². The Hall–Kier alpha value is -1.68. The minimum atomic E-state index is -0.187. The SMILES string of the molecule is CN=C(NCc1ccc(F)c(CN(C)C)c1)NCc1ncc(C(C)(C)C)o1.I. The lowest BCUT2D eigenvalue weighted by Crippen LogP contribution is -2.36. The molecular weight excluding hydrogens is 472 g/mol. The van der Waals surface area contributed by atoms with Crippen LogP contribution >= 0.6 is 24.0 Å². The number of aliphatic imine (C=N–C) groups is 1. The average molecular weight is 503 g/mol. The van der Waals surface area contributed by atoms with Crippen molar-refractivity contribution in [3.8, 4) is 0 Å². The zero-order chi connectivity index (χ0) is 20.0. The van der Waals surface area contributed by atoms with Gasteiger partial charge in [0.2, 0.25) is 5.89 Å². The van der Waals surface area contributed by atoms with E-state index < -0.39 is 0 Å². The second kappa shape index (κ2) is 10.8. The monoisotopic (exact) mass is 503 g/mol. The summed E-state index contributed by atoms with van der Waals surface area (Å²) in [6.45, 7) is 7.78. The number of benzene rings is 1. The molecule has 0 aliphatic carbocycles. The highest BCUT2D eigenvalue weighted by molar-refractivity contribution is 14.0. The first-order chi connectivity index (χ1) is 12.7. The number of nitrogens with zero attached hydrogens (tertiary/aromatic N) is 3. The molecule has 0 bridgehead atoms. The largest absolute Gasteiger partial charge is 0.443 e. The molecule has 1 heterocycles.